The number of unbranched alkanes of at least 4 members (excludes halogenated alkanes) is 5. The molecule has 0 aromatic rings. The lowest BCUT2D eigenvalue weighted by molar-refractivity contribution is -0.372. The summed E-state index contributed by atoms with van der Waals surface area (Å²) in [6.07, 6.45) is 12.5. The van der Waals surface area contributed by atoms with E-state index in [1.54, 1.807) is 21.3 Å². The van der Waals surface area contributed by atoms with Crippen molar-refractivity contribution >= 4 is 11.6 Å². The Balaban J connectivity index is 4.37. The Morgan fingerprint density at radius 2 is 1.50 bits per heavy atom. The molecule has 0 bridgehead atoms. The average Bonchev–Trinajstić information content (AvgIpc) is 2.49. The predicted octanol–water partition coefficient (Wildman–Crippen LogP) is 4.74. The standard InChI is InChI=1S/C16H31ClO3/c1-5-6-7-8-9-10-12-15(13-11-14-17)16(18-2,19-3)20-4/h11,13,15H,5-10,12,14H2,1-4H3. The summed E-state index contributed by atoms with van der Waals surface area (Å²) in [5.41, 5.74) is 0. The van der Waals surface area contributed by atoms with Gasteiger partial charge in [-0.05, 0) is 6.42 Å². The smallest absolute Gasteiger partial charge is 0.288 e. The molecule has 0 saturated heterocycles. The van der Waals surface area contributed by atoms with Crippen molar-refractivity contribution in [2.24, 2.45) is 5.92 Å². The Morgan fingerprint density at radius 1 is 0.950 bits per heavy atom. The zero-order chi connectivity index (χ0) is 15.3. The van der Waals surface area contributed by atoms with E-state index in [0.29, 0.717) is 5.88 Å². The molecule has 3 nitrogen and oxygen atoms in total. The summed E-state index contributed by atoms with van der Waals surface area (Å²) in [5, 5.41) is 0. The number of methoxy groups -OCH3 is 3. The van der Waals surface area contributed by atoms with Gasteiger partial charge in [-0.25, -0.2) is 0 Å². The molecule has 0 saturated carbocycles. The summed E-state index contributed by atoms with van der Waals surface area (Å²) < 4.78 is 16.4. The van der Waals surface area contributed by atoms with Gasteiger partial charge < -0.3 is 14.2 Å². The van der Waals surface area contributed by atoms with E-state index in [9.17, 15) is 0 Å². The van der Waals surface area contributed by atoms with Gasteiger partial charge in [-0.3, -0.25) is 0 Å². The molecule has 0 rings (SSSR count). The van der Waals surface area contributed by atoms with Crippen LogP contribution in [-0.2, 0) is 14.2 Å². The van der Waals surface area contributed by atoms with E-state index in [-0.39, 0.29) is 5.92 Å². The Morgan fingerprint density at radius 3 is 2.00 bits per heavy atom. The molecule has 0 aliphatic carbocycles. The maximum atomic E-state index is 5.73. The Bertz CT molecular complexity index is 232. The Labute approximate surface area is 129 Å². The monoisotopic (exact) mass is 306 g/mol. The molecule has 0 aliphatic rings. The van der Waals surface area contributed by atoms with Crippen molar-refractivity contribution in [2.45, 2.75) is 57.8 Å². The van der Waals surface area contributed by atoms with Gasteiger partial charge in [0.25, 0.3) is 5.97 Å². The molecule has 120 valence electrons. The van der Waals surface area contributed by atoms with Crippen LogP contribution in [0.25, 0.3) is 0 Å². The molecule has 1 atom stereocenters. The molecule has 4 heteroatoms. The average molecular weight is 307 g/mol. The number of hydrogen-bond donors (Lipinski definition) is 0. The quantitative estimate of drug-likeness (QED) is 0.213. The molecule has 0 fully saturated rings. The highest BCUT2D eigenvalue weighted by molar-refractivity contribution is 6.18. The zero-order valence-corrected chi connectivity index (χ0v) is 14.2. The molecule has 0 aromatic heterocycles. The van der Waals surface area contributed by atoms with Crippen molar-refractivity contribution in [1.29, 1.82) is 0 Å². The highest BCUT2D eigenvalue weighted by Gasteiger charge is 2.37. The molecule has 0 radical (unpaired) electrons. The number of hydrogen-bond acceptors (Lipinski definition) is 3. The molecule has 1 unspecified atom stereocenters. The van der Waals surface area contributed by atoms with Crippen LogP contribution >= 0.6 is 11.6 Å². The van der Waals surface area contributed by atoms with Crippen molar-refractivity contribution in [3.05, 3.63) is 12.2 Å². The molecular formula is C16H31ClO3. The minimum Gasteiger partial charge on any atom is -0.330 e. The summed E-state index contributed by atoms with van der Waals surface area (Å²) >= 11 is 5.73. The second-order valence-electron chi connectivity index (χ2n) is 4.96. The summed E-state index contributed by atoms with van der Waals surface area (Å²) in [7, 11) is 4.82. The second kappa shape index (κ2) is 12.6. The Kier molecular flexibility index (Phi) is 12.6. The first-order valence-electron chi connectivity index (χ1n) is 7.58. The molecule has 0 spiro atoms. The largest absolute Gasteiger partial charge is 0.330 e. The van der Waals surface area contributed by atoms with E-state index in [1.807, 2.05) is 12.2 Å². The van der Waals surface area contributed by atoms with Crippen LogP contribution in [0.1, 0.15) is 51.9 Å². The number of rotatable bonds is 13. The van der Waals surface area contributed by atoms with Crippen LogP contribution in [0.3, 0.4) is 0 Å². The molecule has 0 N–H and O–H groups in total. The molecule has 20 heavy (non-hydrogen) atoms. The lowest BCUT2D eigenvalue weighted by Gasteiger charge is -2.35. The molecular weight excluding hydrogens is 276 g/mol. The fourth-order valence-corrected chi connectivity index (χ4v) is 2.56. The number of ether oxygens (including phenoxy) is 3. The van der Waals surface area contributed by atoms with Gasteiger partial charge in [0.2, 0.25) is 0 Å². The SMILES string of the molecule is CCCCCCCCC(C=CCCl)C(OC)(OC)OC. The topological polar surface area (TPSA) is 27.7 Å². The highest BCUT2D eigenvalue weighted by atomic mass is 35.5. The number of allylic oxidation sites excluding steroid dienone is 1. The van der Waals surface area contributed by atoms with Crippen LogP contribution in [0.2, 0.25) is 0 Å². The first kappa shape index (κ1) is 19.9. The van der Waals surface area contributed by atoms with Crippen LogP contribution in [0.5, 0.6) is 0 Å². The lowest BCUT2D eigenvalue weighted by Crippen LogP contribution is -2.43. The lowest BCUT2D eigenvalue weighted by atomic mass is 9.97. The third kappa shape index (κ3) is 7.07. The van der Waals surface area contributed by atoms with Gasteiger partial charge in [0.05, 0.1) is 5.92 Å². The summed E-state index contributed by atoms with van der Waals surface area (Å²) in [4.78, 5) is 0. The molecule has 0 heterocycles. The maximum absolute atomic E-state index is 5.73. The van der Waals surface area contributed by atoms with Crippen LogP contribution in [-0.4, -0.2) is 33.2 Å². The van der Waals surface area contributed by atoms with Gasteiger partial charge in [0.1, 0.15) is 0 Å². The van der Waals surface area contributed by atoms with Gasteiger partial charge in [-0.15, -0.1) is 11.6 Å². The van der Waals surface area contributed by atoms with Crippen LogP contribution in [0.4, 0.5) is 0 Å². The normalized spacial score (nSPS) is 14.1. The minimum atomic E-state index is -1.01. The van der Waals surface area contributed by atoms with Crippen molar-refractivity contribution in [1.82, 2.24) is 0 Å². The van der Waals surface area contributed by atoms with Crippen molar-refractivity contribution < 1.29 is 14.2 Å². The molecule has 0 aliphatic heterocycles. The van der Waals surface area contributed by atoms with E-state index >= 15 is 0 Å². The van der Waals surface area contributed by atoms with Crippen LogP contribution in [0, 0.1) is 5.92 Å². The zero-order valence-electron chi connectivity index (χ0n) is 13.5. The summed E-state index contributed by atoms with van der Waals surface area (Å²) in [5.74, 6) is -0.473. The first-order chi connectivity index (χ1) is 9.70. The first-order valence-corrected chi connectivity index (χ1v) is 8.12. The summed E-state index contributed by atoms with van der Waals surface area (Å²) in [6, 6.07) is 0. The maximum Gasteiger partial charge on any atom is 0.288 e. The van der Waals surface area contributed by atoms with Gasteiger partial charge in [-0.1, -0.05) is 57.6 Å². The number of halogens is 1. The van der Waals surface area contributed by atoms with Gasteiger partial charge in [0.15, 0.2) is 0 Å². The Hall–Kier alpha value is -0.0900. The van der Waals surface area contributed by atoms with E-state index in [4.69, 9.17) is 25.8 Å². The molecule has 0 aromatic carbocycles. The van der Waals surface area contributed by atoms with Crippen molar-refractivity contribution in [2.75, 3.05) is 27.2 Å². The van der Waals surface area contributed by atoms with Gasteiger partial charge >= 0.3 is 0 Å². The van der Waals surface area contributed by atoms with Crippen LogP contribution < -0.4 is 0 Å². The van der Waals surface area contributed by atoms with E-state index < -0.39 is 5.97 Å². The van der Waals surface area contributed by atoms with Crippen molar-refractivity contribution in [3.8, 4) is 0 Å². The summed E-state index contributed by atoms with van der Waals surface area (Å²) in [6.45, 7) is 2.23. The highest BCUT2D eigenvalue weighted by Crippen LogP contribution is 2.29. The second-order valence-corrected chi connectivity index (χ2v) is 5.27. The van der Waals surface area contributed by atoms with E-state index in [0.717, 1.165) is 12.8 Å². The predicted molar refractivity (Wildman–Crippen MR) is 85.1 cm³/mol. The van der Waals surface area contributed by atoms with Gasteiger partial charge in [0, 0.05) is 27.2 Å². The molecule has 0 amide bonds. The van der Waals surface area contributed by atoms with Crippen molar-refractivity contribution in [3.63, 3.8) is 0 Å². The fraction of sp³-hybridized carbons (Fsp3) is 0.875. The third-order valence-electron chi connectivity index (χ3n) is 3.63. The fourth-order valence-electron chi connectivity index (χ4n) is 2.46. The van der Waals surface area contributed by atoms with Gasteiger partial charge in [-0.2, -0.15) is 0 Å². The van der Waals surface area contributed by atoms with E-state index in [2.05, 4.69) is 6.92 Å². The minimum absolute atomic E-state index is 0.0485. The number of alkyl halides is 1. The van der Waals surface area contributed by atoms with Crippen LogP contribution in [0.15, 0.2) is 12.2 Å². The van der Waals surface area contributed by atoms with E-state index in [1.165, 1.54) is 32.1 Å². The third-order valence-corrected chi connectivity index (χ3v) is 3.81.